The lowest BCUT2D eigenvalue weighted by molar-refractivity contribution is -0.122. The minimum Gasteiger partial charge on any atom is -0.454 e. The normalized spacial score (nSPS) is 14.1. The molecule has 0 aliphatic carbocycles. The average molecular weight is 434 g/mol. The Morgan fingerprint density at radius 2 is 2.04 bits per heavy atom. The van der Waals surface area contributed by atoms with E-state index in [-0.39, 0.29) is 49.9 Å². The van der Waals surface area contributed by atoms with Crippen LogP contribution < -0.4 is 20.5 Å². The molecule has 1 aliphatic heterocycles. The van der Waals surface area contributed by atoms with Gasteiger partial charge in [-0.15, -0.1) is 36.2 Å². The molecule has 1 aliphatic rings. The molecule has 3 N–H and O–H groups in total. The summed E-state index contributed by atoms with van der Waals surface area (Å²) in [5, 5.41) is 5.80. The van der Waals surface area contributed by atoms with Crippen LogP contribution in [0.25, 0.3) is 10.6 Å². The Bertz CT molecular complexity index is 785. The molecule has 9 heteroatoms. The van der Waals surface area contributed by atoms with Crippen molar-refractivity contribution < 1.29 is 14.3 Å². The molecule has 0 fully saturated rings. The standard InChI is InChI=1S/C18H23N3O3S.2ClH/c1-11(2)18(3,9-19)21-16(22)7-13-8-25-17(20-13)12-4-5-14-15(6-12)24-10-23-14;;/h4-6,8,11H,7,9-10,19H2,1-3H3,(H,21,22);2*1H. The lowest BCUT2D eigenvalue weighted by atomic mass is 9.88. The predicted octanol–water partition coefficient (Wildman–Crippen LogP) is 3.41. The van der Waals surface area contributed by atoms with Crippen molar-refractivity contribution in [2.75, 3.05) is 13.3 Å². The first-order valence-electron chi connectivity index (χ1n) is 8.27. The van der Waals surface area contributed by atoms with Crippen LogP contribution in [0.1, 0.15) is 26.5 Å². The number of nitrogens with two attached hydrogens (primary N) is 1. The van der Waals surface area contributed by atoms with Crippen molar-refractivity contribution in [3.8, 4) is 22.1 Å². The molecular weight excluding hydrogens is 409 g/mol. The molecule has 3 rings (SSSR count). The van der Waals surface area contributed by atoms with Gasteiger partial charge in [0, 0.05) is 17.5 Å². The fourth-order valence-electron chi connectivity index (χ4n) is 2.51. The predicted molar refractivity (Wildman–Crippen MR) is 112 cm³/mol. The van der Waals surface area contributed by atoms with Crippen LogP contribution in [0.2, 0.25) is 0 Å². The number of halogens is 2. The van der Waals surface area contributed by atoms with Crippen molar-refractivity contribution >= 4 is 42.1 Å². The summed E-state index contributed by atoms with van der Waals surface area (Å²) in [6.45, 7) is 6.71. The molecule has 2 heterocycles. The molecule has 1 aromatic heterocycles. The maximum Gasteiger partial charge on any atom is 0.231 e. The number of carbonyl (C=O) groups is 1. The van der Waals surface area contributed by atoms with Crippen molar-refractivity contribution in [2.45, 2.75) is 32.7 Å². The fourth-order valence-corrected chi connectivity index (χ4v) is 3.33. The third kappa shape index (κ3) is 5.25. The summed E-state index contributed by atoms with van der Waals surface area (Å²) in [6.07, 6.45) is 0.239. The lowest BCUT2D eigenvalue weighted by Crippen LogP contribution is -2.55. The van der Waals surface area contributed by atoms with Crippen LogP contribution in [0, 0.1) is 5.92 Å². The van der Waals surface area contributed by atoms with Gasteiger partial charge in [0.1, 0.15) is 5.01 Å². The van der Waals surface area contributed by atoms with Gasteiger partial charge in [0.05, 0.1) is 17.7 Å². The molecule has 150 valence electrons. The van der Waals surface area contributed by atoms with E-state index in [1.807, 2.05) is 44.4 Å². The summed E-state index contributed by atoms with van der Waals surface area (Å²) in [6, 6.07) is 5.73. The zero-order chi connectivity index (χ0) is 18.0. The summed E-state index contributed by atoms with van der Waals surface area (Å²) >= 11 is 1.51. The van der Waals surface area contributed by atoms with Gasteiger partial charge in [0.2, 0.25) is 12.7 Å². The molecule has 6 nitrogen and oxygen atoms in total. The number of hydrogen-bond donors (Lipinski definition) is 2. The van der Waals surface area contributed by atoms with Gasteiger partial charge in [-0.3, -0.25) is 4.79 Å². The number of thiazole rings is 1. The van der Waals surface area contributed by atoms with E-state index < -0.39 is 5.54 Å². The van der Waals surface area contributed by atoms with E-state index in [1.54, 1.807) is 0 Å². The molecular formula is C18H25Cl2N3O3S. The minimum atomic E-state index is -0.409. The van der Waals surface area contributed by atoms with E-state index in [4.69, 9.17) is 15.2 Å². The number of carbonyl (C=O) groups excluding carboxylic acids is 1. The minimum absolute atomic E-state index is 0. The third-order valence-corrected chi connectivity index (χ3v) is 5.58. The van der Waals surface area contributed by atoms with Gasteiger partial charge >= 0.3 is 0 Å². The third-order valence-electron chi connectivity index (χ3n) is 4.64. The number of nitrogens with zero attached hydrogens (tertiary/aromatic N) is 1. The molecule has 0 bridgehead atoms. The first kappa shape index (κ1) is 23.5. The Morgan fingerprint density at radius 3 is 2.70 bits per heavy atom. The molecule has 0 spiro atoms. The van der Waals surface area contributed by atoms with Crippen LogP contribution >= 0.6 is 36.2 Å². The quantitative estimate of drug-likeness (QED) is 0.728. The number of rotatable bonds is 6. The van der Waals surface area contributed by atoms with Crippen molar-refractivity contribution in [2.24, 2.45) is 11.7 Å². The highest BCUT2D eigenvalue weighted by molar-refractivity contribution is 7.13. The Balaban J connectivity index is 0.00000182. The summed E-state index contributed by atoms with van der Waals surface area (Å²) in [5.74, 6) is 1.66. The summed E-state index contributed by atoms with van der Waals surface area (Å²) in [7, 11) is 0. The monoisotopic (exact) mass is 433 g/mol. The Morgan fingerprint density at radius 1 is 1.33 bits per heavy atom. The smallest absolute Gasteiger partial charge is 0.231 e. The van der Waals surface area contributed by atoms with Gasteiger partial charge in [-0.05, 0) is 31.0 Å². The fraction of sp³-hybridized carbons (Fsp3) is 0.444. The largest absolute Gasteiger partial charge is 0.454 e. The van der Waals surface area contributed by atoms with Crippen LogP contribution in [-0.2, 0) is 11.2 Å². The summed E-state index contributed by atoms with van der Waals surface area (Å²) < 4.78 is 10.7. The number of aromatic nitrogens is 1. The van der Waals surface area contributed by atoms with E-state index in [9.17, 15) is 4.79 Å². The van der Waals surface area contributed by atoms with E-state index in [0.717, 1.165) is 27.8 Å². The number of fused-ring (bicyclic) bond motifs is 1. The number of amides is 1. The molecule has 1 aromatic carbocycles. The second kappa shape index (κ2) is 9.59. The highest BCUT2D eigenvalue weighted by atomic mass is 35.5. The summed E-state index contributed by atoms with van der Waals surface area (Å²) in [5.41, 5.74) is 7.12. The molecule has 2 aromatic rings. The van der Waals surface area contributed by atoms with Gasteiger partial charge in [0.25, 0.3) is 0 Å². The van der Waals surface area contributed by atoms with E-state index >= 15 is 0 Å². The van der Waals surface area contributed by atoms with Crippen LogP contribution in [0.4, 0.5) is 0 Å². The van der Waals surface area contributed by atoms with E-state index in [0.29, 0.717) is 6.54 Å². The molecule has 1 amide bonds. The zero-order valence-corrected chi connectivity index (χ0v) is 17.9. The van der Waals surface area contributed by atoms with E-state index in [1.165, 1.54) is 11.3 Å². The van der Waals surface area contributed by atoms with Gasteiger partial charge in [0.15, 0.2) is 11.5 Å². The molecule has 1 unspecified atom stereocenters. The molecule has 0 saturated carbocycles. The Hall–Kier alpha value is -1.54. The van der Waals surface area contributed by atoms with Gasteiger partial charge in [-0.25, -0.2) is 4.98 Å². The topological polar surface area (TPSA) is 86.5 Å². The van der Waals surface area contributed by atoms with Crippen molar-refractivity contribution in [1.29, 1.82) is 0 Å². The Labute approximate surface area is 175 Å². The SMILES string of the molecule is CC(C)C(C)(CN)NC(=O)Cc1csc(-c2ccc3c(c2)OCO3)n1.Cl.Cl. The number of nitrogens with one attached hydrogen (secondary N) is 1. The number of hydrogen-bond acceptors (Lipinski definition) is 6. The van der Waals surface area contributed by atoms with Crippen molar-refractivity contribution in [3.63, 3.8) is 0 Å². The molecule has 1 atom stereocenters. The van der Waals surface area contributed by atoms with Crippen LogP contribution in [-0.4, -0.2) is 29.8 Å². The van der Waals surface area contributed by atoms with Crippen LogP contribution in [0.15, 0.2) is 23.6 Å². The first-order chi connectivity index (χ1) is 11.9. The first-order valence-corrected chi connectivity index (χ1v) is 9.15. The highest BCUT2D eigenvalue weighted by Crippen LogP contribution is 2.36. The van der Waals surface area contributed by atoms with E-state index in [2.05, 4.69) is 10.3 Å². The van der Waals surface area contributed by atoms with Gasteiger partial charge in [-0.1, -0.05) is 13.8 Å². The second-order valence-corrected chi connectivity index (χ2v) is 7.57. The molecule has 27 heavy (non-hydrogen) atoms. The maximum absolute atomic E-state index is 12.4. The number of benzene rings is 1. The van der Waals surface area contributed by atoms with Crippen LogP contribution in [0.5, 0.6) is 11.5 Å². The molecule has 0 saturated heterocycles. The average Bonchev–Trinajstić information content (AvgIpc) is 3.22. The second-order valence-electron chi connectivity index (χ2n) is 6.71. The van der Waals surface area contributed by atoms with Crippen molar-refractivity contribution in [3.05, 3.63) is 29.3 Å². The van der Waals surface area contributed by atoms with Gasteiger partial charge in [-0.2, -0.15) is 0 Å². The highest BCUT2D eigenvalue weighted by Gasteiger charge is 2.28. The van der Waals surface area contributed by atoms with Gasteiger partial charge < -0.3 is 20.5 Å². The van der Waals surface area contributed by atoms with Crippen LogP contribution in [0.3, 0.4) is 0 Å². The molecule has 0 radical (unpaired) electrons. The lowest BCUT2D eigenvalue weighted by Gasteiger charge is -2.33. The number of ether oxygens (including phenoxy) is 2. The zero-order valence-electron chi connectivity index (χ0n) is 15.5. The Kier molecular flexibility index (Phi) is 8.35. The van der Waals surface area contributed by atoms with Crippen molar-refractivity contribution in [1.82, 2.24) is 10.3 Å². The summed E-state index contributed by atoms with van der Waals surface area (Å²) in [4.78, 5) is 16.9. The maximum atomic E-state index is 12.4.